The van der Waals surface area contributed by atoms with Crippen molar-refractivity contribution in [3.05, 3.63) is 24.0 Å². The molecule has 0 bridgehead atoms. The number of nitrogens with one attached hydrogen (secondary N) is 3. The van der Waals surface area contributed by atoms with Gasteiger partial charge in [0.25, 0.3) is 5.91 Å². The summed E-state index contributed by atoms with van der Waals surface area (Å²) in [6.45, 7) is 7.42. The lowest BCUT2D eigenvalue weighted by atomic mass is 9.65. The van der Waals surface area contributed by atoms with E-state index in [4.69, 9.17) is 0 Å². The molecule has 1 heterocycles. The van der Waals surface area contributed by atoms with Crippen LogP contribution < -0.4 is 16.0 Å². The van der Waals surface area contributed by atoms with Crippen molar-refractivity contribution in [2.75, 3.05) is 17.2 Å². The van der Waals surface area contributed by atoms with Gasteiger partial charge in [-0.15, -0.1) is 0 Å². The van der Waals surface area contributed by atoms with Gasteiger partial charge in [-0.05, 0) is 55.2 Å². The Bertz CT molecular complexity index is 938. The Morgan fingerprint density at radius 3 is 2.47 bits per heavy atom. The average Bonchev–Trinajstić information content (AvgIpc) is 2.94. The molecule has 1 aliphatic carbocycles. The van der Waals surface area contributed by atoms with E-state index in [1.165, 1.54) is 19.1 Å². The van der Waals surface area contributed by atoms with E-state index in [1.54, 1.807) is 0 Å². The summed E-state index contributed by atoms with van der Waals surface area (Å²) in [6, 6.07) is 3.15. The van der Waals surface area contributed by atoms with Crippen LogP contribution in [0.1, 0.15) is 59.8 Å². The molecular formula is C23H31FN4O4. The summed E-state index contributed by atoms with van der Waals surface area (Å²) in [6.07, 6.45) is 3.84. The van der Waals surface area contributed by atoms with Gasteiger partial charge in [0.1, 0.15) is 17.9 Å². The fourth-order valence-corrected chi connectivity index (χ4v) is 4.57. The van der Waals surface area contributed by atoms with Crippen LogP contribution in [0.25, 0.3) is 0 Å². The molecule has 5 amide bonds. The van der Waals surface area contributed by atoms with Crippen LogP contribution in [0, 0.1) is 17.2 Å². The normalized spacial score (nSPS) is 23.3. The van der Waals surface area contributed by atoms with Crippen LogP contribution in [-0.4, -0.2) is 40.7 Å². The van der Waals surface area contributed by atoms with Crippen molar-refractivity contribution < 1.29 is 23.6 Å². The summed E-state index contributed by atoms with van der Waals surface area (Å²) < 4.78 is 13.8. The first-order valence-electron chi connectivity index (χ1n) is 11.0. The van der Waals surface area contributed by atoms with Gasteiger partial charge in [-0.1, -0.05) is 27.2 Å². The Hall–Kier alpha value is -2.97. The maximum atomic E-state index is 13.8. The summed E-state index contributed by atoms with van der Waals surface area (Å²) in [5, 5.41) is 7.71. The largest absolute Gasteiger partial charge is 0.325 e. The summed E-state index contributed by atoms with van der Waals surface area (Å²) in [5.74, 6) is -1.57. The Kier molecular flexibility index (Phi) is 6.57. The molecule has 1 spiro atoms. The van der Waals surface area contributed by atoms with E-state index in [0.717, 1.165) is 30.2 Å². The van der Waals surface area contributed by atoms with Crippen LogP contribution in [0.15, 0.2) is 18.2 Å². The number of carbonyl (C=O) groups excluding carboxylic acids is 4. The minimum atomic E-state index is -0.938. The Balaban J connectivity index is 1.64. The Morgan fingerprint density at radius 2 is 1.88 bits per heavy atom. The van der Waals surface area contributed by atoms with Gasteiger partial charge in [-0.2, -0.15) is 0 Å². The zero-order valence-corrected chi connectivity index (χ0v) is 19.0. The molecule has 1 aliphatic heterocycles. The quantitative estimate of drug-likeness (QED) is 0.580. The second kappa shape index (κ2) is 8.88. The number of hydrogen-bond acceptors (Lipinski definition) is 4. The first-order chi connectivity index (χ1) is 15.0. The average molecular weight is 447 g/mol. The third-order valence-electron chi connectivity index (χ3n) is 6.96. The summed E-state index contributed by atoms with van der Waals surface area (Å²) >= 11 is 0. The number of urea groups is 1. The van der Waals surface area contributed by atoms with Crippen molar-refractivity contribution >= 4 is 35.1 Å². The number of anilines is 2. The van der Waals surface area contributed by atoms with Crippen LogP contribution in [0.5, 0.6) is 0 Å². The summed E-state index contributed by atoms with van der Waals surface area (Å²) in [4.78, 5) is 50.2. The van der Waals surface area contributed by atoms with Gasteiger partial charge in [0, 0.05) is 12.6 Å². The number of amides is 5. The van der Waals surface area contributed by atoms with Crippen LogP contribution in [0.4, 0.5) is 20.6 Å². The van der Waals surface area contributed by atoms with Crippen molar-refractivity contribution in [3.63, 3.8) is 0 Å². The molecular weight excluding hydrogens is 415 g/mol. The van der Waals surface area contributed by atoms with Gasteiger partial charge >= 0.3 is 6.03 Å². The fraction of sp³-hybridized carbons (Fsp3) is 0.565. The standard InChI is InChI=1S/C23H31FN4O4/c1-5-22(3,4)15-8-10-23(11-9-15)20(31)28(21(32)27-23)13-19(30)26-16-6-7-17(24)18(12-16)25-14(2)29/h6-7,12,15H,5,8-11,13H2,1-4H3,(H,25,29)(H,26,30)(H,27,32). The third kappa shape index (κ3) is 4.76. The number of halogens is 1. The number of carbonyl (C=O) groups is 4. The fourth-order valence-electron chi connectivity index (χ4n) is 4.57. The molecule has 1 aromatic rings. The minimum absolute atomic E-state index is 0.0731. The lowest BCUT2D eigenvalue weighted by Gasteiger charge is -2.42. The molecule has 9 heteroatoms. The third-order valence-corrected chi connectivity index (χ3v) is 6.96. The number of nitrogens with zero attached hydrogens (tertiary/aromatic N) is 1. The lowest BCUT2D eigenvalue weighted by Crippen LogP contribution is -2.51. The number of benzene rings is 1. The van der Waals surface area contributed by atoms with Gasteiger partial charge < -0.3 is 16.0 Å². The van der Waals surface area contributed by atoms with Crippen LogP contribution in [0.2, 0.25) is 0 Å². The van der Waals surface area contributed by atoms with E-state index < -0.39 is 35.7 Å². The molecule has 0 radical (unpaired) electrons. The van der Waals surface area contributed by atoms with Gasteiger partial charge in [-0.3, -0.25) is 19.3 Å². The first kappa shape index (κ1) is 23.7. The molecule has 1 aromatic carbocycles. The van der Waals surface area contributed by atoms with E-state index in [-0.39, 0.29) is 22.7 Å². The first-order valence-corrected chi connectivity index (χ1v) is 11.0. The van der Waals surface area contributed by atoms with Crippen LogP contribution in [-0.2, 0) is 14.4 Å². The smallest absolute Gasteiger partial charge is 0.324 e. The van der Waals surface area contributed by atoms with E-state index >= 15 is 0 Å². The summed E-state index contributed by atoms with van der Waals surface area (Å²) in [7, 11) is 0. The predicted molar refractivity (Wildman–Crippen MR) is 118 cm³/mol. The lowest BCUT2D eigenvalue weighted by molar-refractivity contribution is -0.135. The monoisotopic (exact) mass is 446 g/mol. The van der Waals surface area contributed by atoms with Crippen molar-refractivity contribution in [3.8, 4) is 0 Å². The van der Waals surface area contributed by atoms with Crippen molar-refractivity contribution in [2.24, 2.45) is 11.3 Å². The molecule has 32 heavy (non-hydrogen) atoms. The molecule has 3 rings (SSSR count). The second-order valence-corrected chi connectivity index (χ2v) is 9.44. The van der Waals surface area contributed by atoms with Crippen LogP contribution in [0.3, 0.4) is 0 Å². The van der Waals surface area contributed by atoms with Crippen LogP contribution >= 0.6 is 0 Å². The SMILES string of the molecule is CCC(C)(C)C1CCC2(CC1)NC(=O)N(CC(=O)Nc1ccc(F)c(NC(C)=O)c1)C2=O. The zero-order chi connectivity index (χ0) is 23.7. The highest BCUT2D eigenvalue weighted by Gasteiger charge is 2.53. The van der Waals surface area contributed by atoms with Crippen molar-refractivity contribution in [1.29, 1.82) is 0 Å². The Morgan fingerprint density at radius 1 is 1.22 bits per heavy atom. The molecule has 2 fully saturated rings. The molecule has 8 nitrogen and oxygen atoms in total. The highest BCUT2D eigenvalue weighted by molar-refractivity contribution is 6.10. The maximum Gasteiger partial charge on any atom is 0.325 e. The number of imide groups is 1. The number of rotatable bonds is 6. The minimum Gasteiger partial charge on any atom is -0.324 e. The maximum absolute atomic E-state index is 13.8. The molecule has 0 unspecified atom stereocenters. The van der Waals surface area contributed by atoms with Gasteiger partial charge in [0.05, 0.1) is 5.69 Å². The molecule has 174 valence electrons. The van der Waals surface area contributed by atoms with Gasteiger partial charge in [0.15, 0.2) is 0 Å². The summed E-state index contributed by atoms with van der Waals surface area (Å²) in [5.41, 5.74) is -0.593. The highest BCUT2D eigenvalue weighted by Crippen LogP contribution is 2.45. The van der Waals surface area contributed by atoms with Crippen molar-refractivity contribution in [1.82, 2.24) is 10.2 Å². The predicted octanol–water partition coefficient (Wildman–Crippen LogP) is 3.64. The molecule has 3 N–H and O–H groups in total. The van der Waals surface area contributed by atoms with E-state index in [2.05, 4.69) is 36.7 Å². The molecule has 1 saturated carbocycles. The van der Waals surface area contributed by atoms with Gasteiger partial charge in [0.2, 0.25) is 11.8 Å². The highest BCUT2D eigenvalue weighted by atomic mass is 19.1. The second-order valence-electron chi connectivity index (χ2n) is 9.44. The van der Waals surface area contributed by atoms with Gasteiger partial charge in [-0.25, -0.2) is 9.18 Å². The van der Waals surface area contributed by atoms with E-state index in [1.807, 2.05) is 0 Å². The van der Waals surface area contributed by atoms with E-state index in [9.17, 15) is 23.6 Å². The zero-order valence-electron chi connectivity index (χ0n) is 19.0. The number of hydrogen-bond donors (Lipinski definition) is 3. The molecule has 2 aliphatic rings. The molecule has 0 atom stereocenters. The Labute approximate surface area is 187 Å². The molecule has 1 saturated heterocycles. The topological polar surface area (TPSA) is 108 Å². The van der Waals surface area contributed by atoms with Crippen molar-refractivity contribution in [2.45, 2.75) is 65.3 Å². The molecule has 0 aromatic heterocycles. The van der Waals surface area contributed by atoms with E-state index in [0.29, 0.717) is 18.8 Å².